The van der Waals surface area contributed by atoms with Gasteiger partial charge in [-0.1, -0.05) is 38.5 Å². The van der Waals surface area contributed by atoms with Crippen molar-refractivity contribution in [2.45, 2.75) is 85.9 Å². The third-order valence-electron chi connectivity index (χ3n) is 7.26. The molecule has 31 heavy (non-hydrogen) atoms. The summed E-state index contributed by atoms with van der Waals surface area (Å²) in [5, 5.41) is 12.0. The highest BCUT2D eigenvalue weighted by Crippen LogP contribution is 2.39. The Morgan fingerprint density at radius 1 is 1.13 bits per heavy atom. The molecular weight excluding hydrogens is 382 g/mol. The van der Waals surface area contributed by atoms with Gasteiger partial charge in [0.2, 0.25) is 0 Å². The molecule has 1 aromatic carbocycles. The van der Waals surface area contributed by atoms with E-state index in [4.69, 9.17) is 10.2 Å². The monoisotopic (exact) mass is 421 g/mol. The van der Waals surface area contributed by atoms with Crippen LogP contribution in [0.4, 0.5) is 5.69 Å². The Balaban J connectivity index is 1.54. The Morgan fingerprint density at radius 3 is 2.55 bits per heavy atom. The van der Waals surface area contributed by atoms with Crippen LogP contribution in [0.1, 0.15) is 68.6 Å². The molecule has 4 rings (SSSR count). The lowest BCUT2D eigenvalue weighted by molar-refractivity contribution is 0.0781. The first-order chi connectivity index (χ1) is 14.7. The van der Waals surface area contributed by atoms with E-state index in [1.54, 1.807) is 0 Å². The molecular formula is C26H39N5. The van der Waals surface area contributed by atoms with E-state index in [1.165, 1.54) is 35.3 Å². The molecule has 5 heteroatoms. The first-order valence-corrected chi connectivity index (χ1v) is 11.9. The van der Waals surface area contributed by atoms with Gasteiger partial charge in [-0.3, -0.25) is 14.6 Å². The van der Waals surface area contributed by atoms with Crippen molar-refractivity contribution in [3.05, 3.63) is 46.8 Å². The highest BCUT2D eigenvalue weighted by Gasteiger charge is 2.42. The van der Waals surface area contributed by atoms with Crippen LogP contribution in [0.15, 0.2) is 29.4 Å². The first kappa shape index (κ1) is 22.1. The number of anilines is 1. The van der Waals surface area contributed by atoms with Crippen LogP contribution in [0.5, 0.6) is 0 Å². The fourth-order valence-electron chi connectivity index (χ4n) is 5.89. The third-order valence-corrected chi connectivity index (χ3v) is 7.26. The van der Waals surface area contributed by atoms with Crippen molar-refractivity contribution in [2.24, 2.45) is 10.5 Å². The minimum Gasteiger partial charge on any atom is -0.293 e. The maximum absolute atomic E-state index is 4.91. The summed E-state index contributed by atoms with van der Waals surface area (Å²) in [5.41, 5.74) is 6.35. The maximum Gasteiger partial charge on any atom is 0.0733 e. The molecule has 2 aliphatic rings. The number of hydrogen-bond acceptors (Lipinski definition) is 4. The summed E-state index contributed by atoms with van der Waals surface area (Å²) in [6, 6.07) is 10.1. The first-order valence-electron chi connectivity index (χ1n) is 11.9. The van der Waals surface area contributed by atoms with Crippen LogP contribution < -0.4 is 5.01 Å². The van der Waals surface area contributed by atoms with Gasteiger partial charge in [0.05, 0.1) is 29.5 Å². The summed E-state index contributed by atoms with van der Waals surface area (Å²) in [6.07, 6.45) is 5.70. The van der Waals surface area contributed by atoms with E-state index in [0.717, 1.165) is 25.2 Å². The van der Waals surface area contributed by atoms with Gasteiger partial charge in [0.15, 0.2) is 0 Å². The molecule has 5 nitrogen and oxygen atoms in total. The molecule has 0 aliphatic carbocycles. The minimum atomic E-state index is 0.112. The summed E-state index contributed by atoms with van der Waals surface area (Å²) >= 11 is 0. The van der Waals surface area contributed by atoms with E-state index in [0.29, 0.717) is 18.1 Å². The van der Waals surface area contributed by atoms with Crippen LogP contribution in [0.2, 0.25) is 0 Å². The van der Waals surface area contributed by atoms with Crippen molar-refractivity contribution in [1.82, 2.24) is 14.7 Å². The van der Waals surface area contributed by atoms with Gasteiger partial charge >= 0.3 is 0 Å². The topological polar surface area (TPSA) is 36.7 Å². The summed E-state index contributed by atoms with van der Waals surface area (Å²) in [7, 11) is 0. The van der Waals surface area contributed by atoms with E-state index in [9.17, 15) is 0 Å². The van der Waals surface area contributed by atoms with Gasteiger partial charge in [-0.15, -0.1) is 0 Å². The highest BCUT2D eigenvalue weighted by atomic mass is 15.5. The molecule has 168 valence electrons. The van der Waals surface area contributed by atoms with E-state index in [1.807, 2.05) is 0 Å². The molecule has 2 unspecified atom stereocenters. The number of fused-ring (bicyclic) bond motifs is 1. The van der Waals surface area contributed by atoms with Gasteiger partial charge in [-0.25, -0.2) is 0 Å². The van der Waals surface area contributed by atoms with E-state index < -0.39 is 0 Å². The summed E-state index contributed by atoms with van der Waals surface area (Å²) in [4.78, 5) is 2.68. The number of aryl methyl sites for hydroxylation is 4. The number of piperidine rings is 1. The SMILES string of the molecule is CCC(n1nc(C)cc1C)C(C)(C)CN1CCCC2[C@H]1C=NN2c1ccc(C)cc1C. The molecule has 0 N–H and O–H groups in total. The van der Waals surface area contributed by atoms with Gasteiger partial charge < -0.3 is 0 Å². The lowest BCUT2D eigenvalue weighted by atomic mass is 9.81. The predicted octanol–water partition coefficient (Wildman–Crippen LogP) is 5.43. The van der Waals surface area contributed by atoms with Crippen LogP contribution in [-0.2, 0) is 0 Å². The molecule has 0 spiro atoms. The summed E-state index contributed by atoms with van der Waals surface area (Å²) in [6.45, 7) is 17.9. The molecule has 2 aliphatic heterocycles. The Kier molecular flexibility index (Phi) is 5.99. The number of aromatic nitrogens is 2. The van der Waals surface area contributed by atoms with Gasteiger partial charge in [0.25, 0.3) is 0 Å². The Morgan fingerprint density at radius 2 is 1.90 bits per heavy atom. The molecule has 3 atom stereocenters. The van der Waals surface area contributed by atoms with Gasteiger partial charge in [-0.05, 0) is 76.6 Å². The second kappa shape index (κ2) is 8.42. The third kappa shape index (κ3) is 4.17. The molecule has 1 aromatic heterocycles. The minimum absolute atomic E-state index is 0.112. The lowest BCUT2D eigenvalue weighted by Gasteiger charge is -2.45. The molecule has 0 radical (unpaired) electrons. The molecule has 2 aromatic rings. The van der Waals surface area contributed by atoms with Crippen molar-refractivity contribution < 1.29 is 0 Å². The Labute approximate surface area is 188 Å². The van der Waals surface area contributed by atoms with E-state index in [-0.39, 0.29) is 5.41 Å². The van der Waals surface area contributed by atoms with Crippen molar-refractivity contribution in [3.63, 3.8) is 0 Å². The fourth-order valence-corrected chi connectivity index (χ4v) is 5.89. The quantitative estimate of drug-likeness (QED) is 0.624. The highest BCUT2D eigenvalue weighted by molar-refractivity contribution is 5.74. The number of hydrazone groups is 1. The molecule has 0 amide bonds. The zero-order valence-corrected chi connectivity index (χ0v) is 20.4. The largest absolute Gasteiger partial charge is 0.293 e. The van der Waals surface area contributed by atoms with Crippen LogP contribution in [0, 0.1) is 33.1 Å². The fraction of sp³-hybridized carbons (Fsp3) is 0.615. The molecule has 1 fully saturated rings. The van der Waals surface area contributed by atoms with Gasteiger partial charge in [0, 0.05) is 18.5 Å². The maximum atomic E-state index is 4.91. The Hall–Kier alpha value is -2.14. The second-order valence-electron chi connectivity index (χ2n) is 10.4. The molecule has 1 saturated heterocycles. The van der Waals surface area contributed by atoms with Crippen LogP contribution in [0.25, 0.3) is 0 Å². The van der Waals surface area contributed by atoms with E-state index in [2.05, 4.69) is 93.5 Å². The zero-order valence-electron chi connectivity index (χ0n) is 20.4. The van der Waals surface area contributed by atoms with Crippen LogP contribution in [0.3, 0.4) is 0 Å². The zero-order chi connectivity index (χ0) is 22.3. The summed E-state index contributed by atoms with van der Waals surface area (Å²) in [5.74, 6) is 0. The Bertz CT molecular complexity index is 957. The van der Waals surface area contributed by atoms with Crippen LogP contribution >= 0.6 is 0 Å². The average Bonchev–Trinajstić information content (AvgIpc) is 3.26. The smallest absolute Gasteiger partial charge is 0.0733 e. The van der Waals surface area contributed by atoms with Gasteiger partial charge in [-0.2, -0.15) is 10.2 Å². The number of nitrogens with zero attached hydrogens (tertiary/aromatic N) is 5. The number of likely N-dealkylation sites (tertiary alicyclic amines) is 1. The molecule has 0 bridgehead atoms. The van der Waals surface area contributed by atoms with Crippen molar-refractivity contribution in [3.8, 4) is 0 Å². The van der Waals surface area contributed by atoms with Crippen molar-refractivity contribution >= 4 is 11.9 Å². The molecule has 0 saturated carbocycles. The predicted molar refractivity (Wildman–Crippen MR) is 130 cm³/mol. The molecule has 3 heterocycles. The van der Waals surface area contributed by atoms with E-state index >= 15 is 0 Å². The second-order valence-corrected chi connectivity index (χ2v) is 10.4. The number of rotatable bonds is 6. The van der Waals surface area contributed by atoms with Crippen molar-refractivity contribution in [1.29, 1.82) is 0 Å². The number of benzene rings is 1. The number of hydrogen-bond donors (Lipinski definition) is 0. The van der Waals surface area contributed by atoms with Crippen molar-refractivity contribution in [2.75, 3.05) is 18.1 Å². The summed E-state index contributed by atoms with van der Waals surface area (Å²) < 4.78 is 2.27. The van der Waals surface area contributed by atoms with Crippen LogP contribution in [-0.4, -0.2) is 46.1 Å². The lowest BCUT2D eigenvalue weighted by Crippen LogP contribution is -2.54. The standard InChI is InChI=1S/C26H39N5/c1-8-25(30-21(5)15-20(4)28-30)26(6,7)17-29-13-9-10-23-24(29)16-27-31(23)22-12-11-18(2)14-19(22)3/h11-12,14-16,23-25H,8-10,13,17H2,1-7H3/t23?,24-,25?/m1/s1. The average molecular weight is 422 g/mol. The van der Waals surface area contributed by atoms with Gasteiger partial charge in [0.1, 0.15) is 0 Å². The normalized spacial score (nSPS) is 22.7.